The van der Waals surface area contributed by atoms with Crippen molar-refractivity contribution in [3.63, 3.8) is 0 Å². The Kier molecular flexibility index (Phi) is 4.28. The topological polar surface area (TPSA) is 64.8 Å². The van der Waals surface area contributed by atoms with E-state index in [0.29, 0.717) is 5.69 Å². The van der Waals surface area contributed by atoms with E-state index in [0.717, 1.165) is 61.9 Å². The van der Waals surface area contributed by atoms with Crippen LogP contribution in [-0.4, -0.2) is 79.6 Å². The molecule has 3 atom stereocenters. The number of anilines is 1. The molecule has 2 aromatic rings. The van der Waals surface area contributed by atoms with Gasteiger partial charge in [0.15, 0.2) is 5.88 Å². The molecule has 3 aliphatic rings. The summed E-state index contributed by atoms with van der Waals surface area (Å²) in [7, 11) is 2.14. The molecule has 144 valence electrons. The van der Waals surface area contributed by atoms with Crippen LogP contribution >= 0.6 is 0 Å². The van der Waals surface area contributed by atoms with Gasteiger partial charge in [0.05, 0.1) is 0 Å². The van der Waals surface area contributed by atoms with Crippen molar-refractivity contribution in [3.05, 3.63) is 24.0 Å². The number of likely N-dealkylation sites (N-methyl/N-ethyl adjacent to an activating group) is 1. The summed E-state index contributed by atoms with van der Waals surface area (Å²) < 4.78 is 6.05. The summed E-state index contributed by atoms with van der Waals surface area (Å²) in [6, 6.07) is 4.04. The van der Waals surface area contributed by atoms with Crippen LogP contribution in [0.3, 0.4) is 0 Å². The molecule has 0 radical (unpaired) electrons. The Labute approximate surface area is 159 Å². The number of furan rings is 1. The normalized spacial score (nSPS) is 28.6. The Balaban J connectivity index is 1.29. The Morgan fingerprint density at radius 3 is 2.85 bits per heavy atom. The number of aromatic nitrogens is 1. The van der Waals surface area contributed by atoms with Crippen molar-refractivity contribution in [1.82, 2.24) is 20.1 Å². The third-order valence-electron chi connectivity index (χ3n) is 6.24. The number of nitrogens with zero attached hydrogens (tertiary/aromatic N) is 4. The van der Waals surface area contributed by atoms with Gasteiger partial charge in [0.2, 0.25) is 0 Å². The Morgan fingerprint density at radius 1 is 1.19 bits per heavy atom. The van der Waals surface area contributed by atoms with Gasteiger partial charge in [0.25, 0.3) is 5.91 Å². The summed E-state index contributed by atoms with van der Waals surface area (Å²) in [5.41, 5.74) is 1.17. The zero-order valence-electron chi connectivity index (χ0n) is 15.9. The molecular formula is C20H27N5O2. The number of hydrogen-bond donors (Lipinski definition) is 1. The number of piperazine rings is 1. The van der Waals surface area contributed by atoms with Crippen molar-refractivity contribution < 1.29 is 9.21 Å². The second kappa shape index (κ2) is 6.80. The minimum Gasteiger partial charge on any atom is -0.440 e. The monoisotopic (exact) mass is 369 g/mol. The number of carbonyl (C=O) groups excluding carboxylic acids is 1. The molecule has 5 rings (SSSR count). The Morgan fingerprint density at radius 2 is 2.04 bits per heavy atom. The van der Waals surface area contributed by atoms with Crippen LogP contribution in [0.25, 0.3) is 11.0 Å². The smallest absolute Gasteiger partial charge is 0.270 e. The molecule has 0 aromatic carbocycles. The van der Waals surface area contributed by atoms with Gasteiger partial charge in [-0.3, -0.25) is 9.78 Å². The first-order valence-electron chi connectivity index (χ1n) is 10.0. The highest BCUT2D eigenvalue weighted by molar-refractivity contribution is 5.95. The van der Waals surface area contributed by atoms with Gasteiger partial charge in [-0.2, -0.15) is 0 Å². The van der Waals surface area contributed by atoms with Gasteiger partial charge in [0, 0.05) is 69.0 Å². The maximum atomic E-state index is 12.7. The van der Waals surface area contributed by atoms with E-state index in [1.54, 1.807) is 12.3 Å². The highest BCUT2D eigenvalue weighted by Crippen LogP contribution is 2.28. The molecule has 3 saturated heterocycles. The van der Waals surface area contributed by atoms with E-state index in [2.05, 4.69) is 32.0 Å². The predicted molar refractivity (Wildman–Crippen MR) is 104 cm³/mol. The molecule has 0 saturated carbocycles. The van der Waals surface area contributed by atoms with Crippen LogP contribution in [0.5, 0.6) is 0 Å². The first-order valence-corrected chi connectivity index (χ1v) is 10.0. The fraction of sp³-hybridized carbons (Fsp3) is 0.600. The summed E-state index contributed by atoms with van der Waals surface area (Å²) in [6.45, 7) is 7.29. The lowest BCUT2D eigenvalue weighted by Gasteiger charge is -2.32. The molecule has 1 amide bonds. The van der Waals surface area contributed by atoms with Crippen molar-refractivity contribution in [2.24, 2.45) is 5.92 Å². The second-order valence-electron chi connectivity index (χ2n) is 8.30. The number of amides is 1. The van der Waals surface area contributed by atoms with E-state index >= 15 is 0 Å². The fourth-order valence-electron chi connectivity index (χ4n) is 4.65. The number of fused-ring (bicyclic) bond motifs is 3. The third kappa shape index (κ3) is 3.41. The number of pyridine rings is 1. The highest BCUT2D eigenvalue weighted by atomic mass is 16.4. The molecule has 1 unspecified atom stereocenters. The van der Waals surface area contributed by atoms with Gasteiger partial charge in [-0.25, -0.2) is 0 Å². The molecule has 0 spiro atoms. The summed E-state index contributed by atoms with van der Waals surface area (Å²) >= 11 is 0. The van der Waals surface area contributed by atoms with Crippen molar-refractivity contribution in [2.75, 3.05) is 57.8 Å². The number of carbonyl (C=O) groups is 1. The van der Waals surface area contributed by atoms with Gasteiger partial charge in [0.1, 0.15) is 11.3 Å². The number of nitrogens with one attached hydrogen (secondary N) is 1. The molecule has 2 aromatic heterocycles. The average Bonchev–Trinajstić information content (AvgIpc) is 3.24. The largest absolute Gasteiger partial charge is 0.440 e. The minimum atomic E-state index is -0.0954. The number of hydrogen-bond acceptors (Lipinski definition) is 6. The third-order valence-corrected chi connectivity index (χ3v) is 6.24. The lowest BCUT2D eigenvalue weighted by molar-refractivity contribution is 0.0904. The standard InChI is InChI=1S/C20H27N5O2/c1-23-4-6-25(7-5-23)19-9-15-11-21-17(10-18(15)27-19)20(26)22-16-8-14-2-3-24(12-14)13-16/h9-11,14,16H,2-8,12-13H2,1H3,(H,22,26)/t14-,16-/m1/s1. The highest BCUT2D eigenvalue weighted by Gasteiger charge is 2.33. The first kappa shape index (κ1) is 17.0. The molecule has 27 heavy (non-hydrogen) atoms. The molecule has 2 bridgehead atoms. The number of piperidine rings is 1. The van der Waals surface area contributed by atoms with Crippen molar-refractivity contribution >= 4 is 22.8 Å². The molecule has 7 heteroatoms. The number of rotatable bonds is 3. The summed E-state index contributed by atoms with van der Waals surface area (Å²) in [6.07, 6.45) is 4.10. The van der Waals surface area contributed by atoms with E-state index in [9.17, 15) is 4.79 Å². The molecular weight excluding hydrogens is 342 g/mol. The first-order chi connectivity index (χ1) is 13.1. The zero-order valence-corrected chi connectivity index (χ0v) is 15.9. The van der Waals surface area contributed by atoms with Crippen LogP contribution in [0, 0.1) is 5.92 Å². The van der Waals surface area contributed by atoms with Crippen LogP contribution in [-0.2, 0) is 0 Å². The Hall–Kier alpha value is -2.12. The summed E-state index contributed by atoms with van der Waals surface area (Å²) in [5, 5.41) is 4.12. The molecule has 3 fully saturated rings. The average molecular weight is 369 g/mol. The van der Waals surface area contributed by atoms with Gasteiger partial charge in [-0.15, -0.1) is 0 Å². The lowest BCUT2D eigenvalue weighted by atomic mass is 9.97. The SMILES string of the molecule is CN1CCN(c2cc3cnc(C(=O)N[C@@H]4C[C@H]5CCN(C5)C4)cc3o2)CC1. The lowest BCUT2D eigenvalue weighted by Crippen LogP contribution is -2.47. The minimum absolute atomic E-state index is 0.0954. The summed E-state index contributed by atoms with van der Waals surface area (Å²) in [4.78, 5) is 24.1. The second-order valence-corrected chi connectivity index (χ2v) is 8.30. The molecule has 7 nitrogen and oxygen atoms in total. The van der Waals surface area contributed by atoms with Crippen LogP contribution in [0.15, 0.2) is 22.7 Å². The fourth-order valence-corrected chi connectivity index (χ4v) is 4.65. The maximum absolute atomic E-state index is 12.7. The van der Waals surface area contributed by atoms with Crippen LogP contribution < -0.4 is 10.2 Å². The van der Waals surface area contributed by atoms with Gasteiger partial charge < -0.3 is 24.4 Å². The molecule has 5 heterocycles. The molecule has 0 aliphatic carbocycles. The predicted octanol–water partition coefficient (Wildman–Crippen LogP) is 1.40. The van der Waals surface area contributed by atoms with Crippen LogP contribution in [0.2, 0.25) is 0 Å². The zero-order chi connectivity index (χ0) is 18.4. The van der Waals surface area contributed by atoms with Crippen LogP contribution in [0.1, 0.15) is 23.3 Å². The van der Waals surface area contributed by atoms with E-state index in [1.165, 1.54) is 19.5 Å². The van der Waals surface area contributed by atoms with E-state index in [1.807, 2.05) is 6.07 Å². The van der Waals surface area contributed by atoms with Gasteiger partial charge in [-0.1, -0.05) is 0 Å². The van der Waals surface area contributed by atoms with Crippen molar-refractivity contribution in [1.29, 1.82) is 0 Å². The summed E-state index contributed by atoms with van der Waals surface area (Å²) in [5.74, 6) is 1.51. The molecule has 3 aliphatic heterocycles. The van der Waals surface area contributed by atoms with Crippen LogP contribution in [0.4, 0.5) is 5.88 Å². The van der Waals surface area contributed by atoms with E-state index in [-0.39, 0.29) is 11.9 Å². The maximum Gasteiger partial charge on any atom is 0.270 e. The molecule has 1 N–H and O–H groups in total. The quantitative estimate of drug-likeness (QED) is 0.882. The van der Waals surface area contributed by atoms with Gasteiger partial charge in [-0.05, 0) is 32.4 Å². The van der Waals surface area contributed by atoms with E-state index in [4.69, 9.17) is 4.42 Å². The van der Waals surface area contributed by atoms with Crippen molar-refractivity contribution in [3.8, 4) is 0 Å². The van der Waals surface area contributed by atoms with Crippen molar-refractivity contribution in [2.45, 2.75) is 18.9 Å². The van der Waals surface area contributed by atoms with Gasteiger partial charge >= 0.3 is 0 Å². The van der Waals surface area contributed by atoms with E-state index < -0.39 is 0 Å². The Bertz CT molecular complexity index is 830.